The van der Waals surface area contributed by atoms with Crippen LogP contribution < -0.4 is 5.09 Å². The molecule has 0 aliphatic heterocycles. The van der Waals surface area contributed by atoms with Crippen molar-refractivity contribution >= 4 is 24.2 Å². The van der Waals surface area contributed by atoms with Crippen LogP contribution in [0.3, 0.4) is 0 Å². The lowest BCUT2D eigenvalue weighted by Gasteiger charge is -2.08. The minimum absolute atomic E-state index is 0.0270. The van der Waals surface area contributed by atoms with E-state index in [1.165, 1.54) is 13.8 Å². The highest BCUT2D eigenvalue weighted by Crippen LogP contribution is 2.28. The number of rotatable bonds is 3. The molecule has 10 heavy (non-hydrogen) atoms. The van der Waals surface area contributed by atoms with Crippen molar-refractivity contribution in [1.29, 1.82) is 0 Å². The van der Waals surface area contributed by atoms with Gasteiger partial charge in [0.05, 0.1) is 13.7 Å². The summed E-state index contributed by atoms with van der Waals surface area (Å²) < 4.78 is 4.30. The molecule has 0 saturated heterocycles. The molecular formula is C4H10NO3PS. The van der Waals surface area contributed by atoms with Crippen molar-refractivity contribution in [2.24, 2.45) is 0 Å². The Hall–Kier alpha value is 0.0400. The Balaban J connectivity index is 3.56. The molecule has 60 valence electrons. The molecule has 0 fully saturated rings. The summed E-state index contributed by atoms with van der Waals surface area (Å²) in [7, 11) is 1.28. The van der Waals surface area contributed by atoms with Crippen LogP contribution in [-0.2, 0) is 21.3 Å². The quantitative estimate of drug-likeness (QED) is 0.464. The lowest BCUT2D eigenvalue weighted by Crippen LogP contribution is -2.20. The second-order valence-corrected chi connectivity index (χ2v) is 6.00. The van der Waals surface area contributed by atoms with E-state index in [2.05, 4.69) is 21.6 Å². The fraction of sp³-hybridized carbons (Fsp3) is 0.750. The van der Waals surface area contributed by atoms with Crippen LogP contribution in [0.15, 0.2) is 0 Å². The first-order chi connectivity index (χ1) is 4.45. The maximum Gasteiger partial charge on any atom is 0.320 e. The molecular weight excluding hydrogens is 173 g/mol. The van der Waals surface area contributed by atoms with Gasteiger partial charge in [-0.05, 0) is 0 Å². The summed E-state index contributed by atoms with van der Waals surface area (Å²) in [5, 5.41) is 2.48. The Morgan fingerprint density at radius 1 is 1.90 bits per heavy atom. The maximum absolute atomic E-state index is 10.4. The molecule has 0 amide bonds. The minimum atomic E-state index is -2.45. The number of ether oxygens (including phenoxy) is 1. The summed E-state index contributed by atoms with van der Waals surface area (Å²) in [5.41, 5.74) is 0. The predicted molar refractivity (Wildman–Crippen MR) is 42.4 cm³/mol. The van der Waals surface area contributed by atoms with E-state index in [0.29, 0.717) is 0 Å². The molecule has 0 saturated carbocycles. The summed E-state index contributed by atoms with van der Waals surface area (Å²) in [6.07, 6.45) is -2.45. The highest BCUT2D eigenvalue weighted by molar-refractivity contribution is 8.10. The molecule has 0 bridgehead atoms. The third kappa shape index (κ3) is 6.16. The van der Waals surface area contributed by atoms with Crippen LogP contribution in [0, 0.1) is 0 Å². The lowest BCUT2D eigenvalue weighted by atomic mass is 10.7. The van der Waals surface area contributed by atoms with Gasteiger partial charge in [0.15, 0.2) is 0 Å². The highest BCUT2D eigenvalue weighted by Gasteiger charge is 2.06. The average molecular weight is 183 g/mol. The van der Waals surface area contributed by atoms with Gasteiger partial charge < -0.3 is 9.63 Å². The van der Waals surface area contributed by atoms with Gasteiger partial charge in [0.2, 0.25) is 0 Å². The van der Waals surface area contributed by atoms with Gasteiger partial charge in [-0.25, -0.2) is 0 Å². The van der Waals surface area contributed by atoms with E-state index < -0.39 is 12.4 Å². The molecule has 0 aromatic heterocycles. The van der Waals surface area contributed by atoms with Gasteiger partial charge in [-0.2, -0.15) is 0 Å². The largest absolute Gasteiger partial charge is 0.468 e. The average Bonchev–Trinajstić information content (AvgIpc) is 1.81. The molecule has 0 aliphatic carbocycles. The van der Waals surface area contributed by atoms with Crippen molar-refractivity contribution in [2.75, 3.05) is 20.3 Å². The van der Waals surface area contributed by atoms with Crippen molar-refractivity contribution in [2.45, 2.75) is 0 Å². The fourth-order valence-corrected chi connectivity index (χ4v) is 0.900. The van der Waals surface area contributed by atoms with Gasteiger partial charge in [0.1, 0.15) is 6.42 Å². The summed E-state index contributed by atoms with van der Waals surface area (Å²) in [4.78, 5) is 19.4. The number of methoxy groups -OCH3 is 1. The van der Waals surface area contributed by atoms with E-state index in [1.54, 1.807) is 0 Å². The number of carbonyl (C=O) groups excluding carboxylic acids is 1. The van der Waals surface area contributed by atoms with Gasteiger partial charge in [0.25, 0.3) is 0 Å². The van der Waals surface area contributed by atoms with Crippen LogP contribution in [0.2, 0.25) is 0 Å². The molecule has 0 spiro atoms. The zero-order valence-corrected chi connectivity index (χ0v) is 7.54. The van der Waals surface area contributed by atoms with Gasteiger partial charge in [-0.1, -0.05) is 11.8 Å². The third-order valence-electron chi connectivity index (χ3n) is 0.744. The first-order valence-corrected chi connectivity index (χ1v) is 5.78. The van der Waals surface area contributed by atoms with E-state index in [-0.39, 0.29) is 6.54 Å². The number of esters is 1. The first-order valence-electron chi connectivity index (χ1n) is 2.58. The summed E-state index contributed by atoms with van der Waals surface area (Å²) in [6.45, 7) is 1.45. The third-order valence-corrected chi connectivity index (χ3v) is 1.88. The van der Waals surface area contributed by atoms with Crippen molar-refractivity contribution in [3.8, 4) is 0 Å². The predicted octanol–water partition coefficient (Wildman–Crippen LogP) is -0.319. The van der Waals surface area contributed by atoms with Gasteiger partial charge in [-0.15, -0.1) is 0 Å². The number of hydrogen-bond acceptors (Lipinski definition) is 3. The van der Waals surface area contributed by atoms with Crippen molar-refractivity contribution in [3.05, 3.63) is 0 Å². The maximum atomic E-state index is 10.4. The molecule has 0 rings (SSSR count). The van der Waals surface area contributed by atoms with E-state index in [0.717, 1.165) is 0 Å². The zero-order chi connectivity index (χ0) is 8.20. The molecule has 4 nitrogen and oxygen atoms in total. The molecule has 1 atom stereocenters. The molecule has 1 unspecified atom stereocenters. The van der Waals surface area contributed by atoms with Crippen LogP contribution >= 0.6 is 6.42 Å². The normalized spacial score (nSPS) is 15.9. The Bertz CT molecular complexity index is 166. The molecule has 6 heteroatoms. The van der Waals surface area contributed by atoms with E-state index in [4.69, 9.17) is 4.89 Å². The Morgan fingerprint density at radius 3 is 2.70 bits per heavy atom. The molecule has 0 aromatic carbocycles. The zero-order valence-electron chi connectivity index (χ0n) is 5.83. The molecule has 0 radical (unpaired) electrons. The molecule has 0 heterocycles. The molecule has 0 aliphatic rings. The standard InChI is InChI=1S/C4H10NO3PS/c1-8-4(6)3-5-9(2,7)10/h3H2,1-2H3,(H2,5,7,10). The Labute approximate surface area is 64.7 Å². The van der Waals surface area contributed by atoms with Gasteiger partial charge in [-0.3, -0.25) is 9.88 Å². The summed E-state index contributed by atoms with van der Waals surface area (Å²) >= 11 is 4.60. The number of nitrogens with one attached hydrogen (secondary N) is 1. The van der Waals surface area contributed by atoms with E-state index in [1.807, 2.05) is 0 Å². The van der Waals surface area contributed by atoms with Crippen LogP contribution in [-0.4, -0.2) is 31.2 Å². The Morgan fingerprint density at radius 2 is 2.40 bits per heavy atom. The van der Waals surface area contributed by atoms with Crippen LogP contribution in [0.4, 0.5) is 0 Å². The second-order valence-electron chi connectivity index (χ2n) is 1.79. The van der Waals surface area contributed by atoms with Crippen molar-refractivity contribution < 1.29 is 14.4 Å². The number of hydrogen-bond donors (Lipinski definition) is 2. The van der Waals surface area contributed by atoms with Gasteiger partial charge >= 0.3 is 5.97 Å². The Kier molecular flexibility index (Phi) is 4.05. The first kappa shape index (κ1) is 10.0. The van der Waals surface area contributed by atoms with Crippen molar-refractivity contribution in [1.82, 2.24) is 5.09 Å². The topological polar surface area (TPSA) is 58.6 Å². The smallest absolute Gasteiger partial charge is 0.320 e. The monoisotopic (exact) mass is 183 g/mol. The van der Waals surface area contributed by atoms with E-state index in [9.17, 15) is 4.79 Å². The highest BCUT2D eigenvalue weighted by atomic mass is 32.4. The lowest BCUT2D eigenvalue weighted by molar-refractivity contribution is -0.139. The SMILES string of the molecule is COC(=O)CNP(C)(O)=S. The second kappa shape index (κ2) is 4.03. The molecule has 0 aromatic rings. The summed E-state index contributed by atoms with van der Waals surface area (Å²) in [5.74, 6) is -0.426. The fourth-order valence-electron chi connectivity index (χ4n) is 0.283. The minimum Gasteiger partial charge on any atom is -0.468 e. The van der Waals surface area contributed by atoms with Crippen LogP contribution in [0.25, 0.3) is 0 Å². The van der Waals surface area contributed by atoms with E-state index >= 15 is 0 Å². The number of carbonyl (C=O) groups is 1. The van der Waals surface area contributed by atoms with Crippen LogP contribution in [0.1, 0.15) is 0 Å². The van der Waals surface area contributed by atoms with Crippen molar-refractivity contribution in [3.63, 3.8) is 0 Å². The summed E-state index contributed by atoms with van der Waals surface area (Å²) in [6, 6.07) is 0. The molecule has 2 N–H and O–H groups in total. The van der Waals surface area contributed by atoms with Crippen LogP contribution in [0.5, 0.6) is 0 Å². The van der Waals surface area contributed by atoms with Gasteiger partial charge in [0, 0.05) is 6.66 Å².